The number of carbonyl (C=O) groups excluding carboxylic acids is 2. The summed E-state index contributed by atoms with van der Waals surface area (Å²) < 4.78 is 5.65. The summed E-state index contributed by atoms with van der Waals surface area (Å²) in [7, 11) is 0. The van der Waals surface area contributed by atoms with Crippen molar-refractivity contribution < 1.29 is 14.3 Å². The monoisotopic (exact) mass is 496 g/mol. The number of ether oxygens (including phenoxy) is 1. The first-order valence-electron chi connectivity index (χ1n) is 12.2. The first-order valence-corrected chi connectivity index (χ1v) is 12.6. The minimum atomic E-state index is -0.278. The molecule has 2 amide bonds. The van der Waals surface area contributed by atoms with Crippen LogP contribution in [-0.4, -0.2) is 54.6 Å². The molecule has 35 heavy (non-hydrogen) atoms. The second-order valence-corrected chi connectivity index (χ2v) is 10.1. The van der Waals surface area contributed by atoms with Gasteiger partial charge in [-0.05, 0) is 72.6 Å². The lowest BCUT2D eigenvalue weighted by molar-refractivity contribution is -0.132. The van der Waals surface area contributed by atoms with Gasteiger partial charge in [-0.15, -0.1) is 0 Å². The van der Waals surface area contributed by atoms with E-state index in [-0.39, 0.29) is 16.9 Å². The molecule has 2 aromatic carbocycles. The Morgan fingerprint density at radius 2 is 1.54 bits per heavy atom. The van der Waals surface area contributed by atoms with Gasteiger partial charge >= 0.3 is 0 Å². The lowest BCUT2D eigenvalue weighted by atomic mass is 10.1. The van der Waals surface area contributed by atoms with Crippen molar-refractivity contribution >= 4 is 40.5 Å². The van der Waals surface area contributed by atoms with Crippen LogP contribution in [0.25, 0.3) is 0 Å². The molecule has 0 unspecified atom stereocenters. The van der Waals surface area contributed by atoms with E-state index >= 15 is 0 Å². The number of amides is 2. The van der Waals surface area contributed by atoms with Gasteiger partial charge in [0.25, 0.3) is 5.91 Å². The third-order valence-electron chi connectivity index (χ3n) is 5.63. The van der Waals surface area contributed by atoms with Gasteiger partial charge < -0.3 is 19.9 Å². The van der Waals surface area contributed by atoms with E-state index in [4.69, 9.17) is 17.0 Å². The van der Waals surface area contributed by atoms with Gasteiger partial charge in [0.15, 0.2) is 5.11 Å². The van der Waals surface area contributed by atoms with Crippen molar-refractivity contribution in [2.45, 2.75) is 34.1 Å². The fourth-order valence-corrected chi connectivity index (χ4v) is 3.96. The number of nitrogens with zero attached hydrogens (tertiary/aromatic N) is 2. The van der Waals surface area contributed by atoms with Gasteiger partial charge in [0.05, 0.1) is 6.61 Å². The maximum Gasteiger partial charge on any atom is 0.257 e. The summed E-state index contributed by atoms with van der Waals surface area (Å²) in [6.45, 7) is 12.1. The Balaban J connectivity index is 1.46. The lowest BCUT2D eigenvalue weighted by Gasteiger charge is -2.36. The fraction of sp³-hybridized carbons (Fsp3) is 0.444. The standard InChI is InChI=1S/C27H36N4O3S/c1-19(2)17-25(32)31-15-13-30(14-16-31)23-9-7-22(8-10-23)28-27(35)29-26(33)21-5-11-24(12-6-21)34-18-20(3)4/h5-12,19-20H,13-18H2,1-4H3,(H2,28,29,33,35). The van der Waals surface area contributed by atoms with E-state index in [0.717, 1.165) is 43.3 Å². The normalized spacial score (nSPS) is 13.7. The predicted octanol–water partition coefficient (Wildman–Crippen LogP) is 4.54. The molecule has 0 saturated carbocycles. The van der Waals surface area contributed by atoms with Crippen LogP contribution in [0, 0.1) is 11.8 Å². The van der Waals surface area contributed by atoms with E-state index < -0.39 is 0 Å². The van der Waals surface area contributed by atoms with Gasteiger partial charge in [0, 0.05) is 49.5 Å². The van der Waals surface area contributed by atoms with E-state index in [0.29, 0.717) is 30.4 Å². The van der Waals surface area contributed by atoms with Crippen molar-refractivity contribution in [3.63, 3.8) is 0 Å². The van der Waals surface area contributed by atoms with Crippen LogP contribution in [0.15, 0.2) is 48.5 Å². The van der Waals surface area contributed by atoms with Crippen LogP contribution >= 0.6 is 12.2 Å². The molecule has 1 fully saturated rings. The number of piperazine rings is 1. The SMILES string of the molecule is CC(C)COc1ccc(C(=O)NC(=S)Nc2ccc(N3CCN(C(=O)CC(C)C)CC3)cc2)cc1. The molecule has 1 saturated heterocycles. The average Bonchev–Trinajstić information content (AvgIpc) is 2.83. The lowest BCUT2D eigenvalue weighted by Crippen LogP contribution is -2.49. The molecule has 0 bridgehead atoms. The van der Waals surface area contributed by atoms with Crippen LogP contribution in [-0.2, 0) is 4.79 Å². The molecule has 0 aromatic heterocycles. The Hall–Kier alpha value is -3.13. The summed E-state index contributed by atoms with van der Waals surface area (Å²) in [5.74, 6) is 1.52. The molecule has 2 N–H and O–H groups in total. The molecule has 0 spiro atoms. The first kappa shape index (κ1) is 26.5. The topological polar surface area (TPSA) is 73.9 Å². The van der Waals surface area contributed by atoms with Gasteiger partial charge in [0.1, 0.15) is 5.75 Å². The summed E-state index contributed by atoms with van der Waals surface area (Å²) in [6, 6.07) is 14.9. The summed E-state index contributed by atoms with van der Waals surface area (Å²) in [4.78, 5) is 29.0. The zero-order chi connectivity index (χ0) is 25.4. The summed E-state index contributed by atoms with van der Waals surface area (Å²) >= 11 is 5.32. The number of hydrogen-bond donors (Lipinski definition) is 2. The largest absolute Gasteiger partial charge is 0.493 e. The Bertz CT molecular complexity index is 998. The number of nitrogens with one attached hydrogen (secondary N) is 2. The molecule has 1 heterocycles. The van der Waals surface area contributed by atoms with Crippen molar-refractivity contribution in [1.29, 1.82) is 0 Å². The van der Waals surface area contributed by atoms with E-state index in [2.05, 4.69) is 43.2 Å². The fourth-order valence-electron chi connectivity index (χ4n) is 3.75. The molecule has 188 valence electrons. The minimum absolute atomic E-state index is 0.236. The molecule has 7 nitrogen and oxygen atoms in total. The van der Waals surface area contributed by atoms with Gasteiger partial charge in [-0.25, -0.2) is 0 Å². The molecule has 0 aliphatic carbocycles. The highest BCUT2D eigenvalue weighted by molar-refractivity contribution is 7.80. The highest BCUT2D eigenvalue weighted by Gasteiger charge is 2.21. The second kappa shape index (κ2) is 12.5. The van der Waals surface area contributed by atoms with Crippen molar-refractivity contribution in [2.24, 2.45) is 11.8 Å². The van der Waals surface area contributed by atoms with Crippen LogP contribution in [0.3, 0.4) is 0 Å². The van der Waals surface area contributed by atoms with Crippen LogP contribution in [0.5, 0.6) is 5.75 Å². The molecule has 2 aromatic rings. The second-order valence-electron chi connectivity index (χ2n) is 9.65. The summed E-state index contributed by atoms with van der Waals surface area (Å²) in [5, 5.41) is 6.01. The first-order chi connectivity index (χ1) is 16.7. The van der Waals surface area contributed by atoms with Gasteiger partial charge in [-0.1, -0.05) is 27.7 Å². The summed E-state index contributed by atoms with van der Waals surface area (Å²) in [6.07, 6.45) is 0.606. The van der Waals surface area contributed by atoms with E-state index in [9.17, 15) is 9.59 Å². The van der Waals surface area contributed by atoms with Crippen LogP contribution < -0.4 is 20.3 Å². The Kier molecular flexibility index (Phi) is 9.48. The smallest absolute Gasteiger partial charge is 0.257 e. The highest BCUT2D eigenvalue weighted by Crippen LogP contribution is 2.20. The van der Waals surface area contributed by atoms with E-state index in [1.807, 2.05) is 29.2 Å². The zero-order valence-electron chi connectivity index (χ0n) is 21.0. The van der Waals surface area contributed by atoms with E-state index in [1.165, 1.54) is 0 Å². The third kappa shape index (κ3) is 8.24. The Labute approximate surface area is 213 Å². The molecule has 1 aliphatic rings. The van der Waals surface area contributed by atoms with Gasteiger partial charge in [-0.3, -0.25) is 14.9 Å². The Morgan fingerprint density at radius 1 is 0.914 bits per heavy atom. The maximum absolute atomic E-state index is 12.5. The highest BCUT2D eigenvalue weighted by atomic mass is 32.1. The molecule has 3 rings (SSSR count). The van der Waals surface area contributed by atoms with Crippen molar-refractivity contribution in [3.8, 4) is 5.75 Å². The average molecular weight is 497 g/mol. The molecule has 1 aliphatic heterocycles. The number of benzene rings is 2. The molecular formula is C27H36N4O3S. The van der Waals surface area contributed by atoms with Crippen LogP contribution in [0.2, 0.25) is 0 Å². The maximum atomic E-state index is 12.5. The Morgan fingerprint density at radius 3 is 2.11 bits per heavy atom. The number of carbonyl (C=O) groups is 2. The van der Waals surface area contributed by atoms with Gasteiger partial charge in [-0.2, -0.15) is 0 Å². The number of anilines is 2. The molecular weight excluding hydrogens is 460 g/mol. The van der Waals surface area contributed by atoms with Crippen LogP contribution in [0.1, 0.15) is 44.5 Å². The molecule has 0 atom stereocenters. The number of rotatable bonds is 8. The third-order valence-corrected chi connectivity index (χ3v) is 5.84. The van der Waals surface area contributed by atoms with Crippen molar-refractivity contribution in [1.82, 2.24) is 10.2 Å². The van der Waals surface area contributed by atoms with Crippen molar-refractivity contribution in [3.05, 3.63) is 54.1 Å². The molecule has 8 heteroatoms. The molecule has 0 radical (unpaired) electrons. The van der Waals surface area contributed by atoms with Gasteiger partial charge in [0.2, 0.25) is 5.91 Å². The summed E-state index contributed by atoms with van der Waals surface area (Å²) in [5.41, 5.74) is 2.40. The predicted molar refractivity (Wildman–Crippen MR) is 145 cm³/mol. The van der Waals surface area contributed by atoms with Crippen LogP contribution in [0.4, 0.5) is 11.4 Å². The number of hydrogen-bond acceptors (Lipinski definition) is 5. The van der Waals surface area contributed by atoms with E-state index in [1.54, 1.807) is 24.3 Å². The quantitative estimate of drug-likeness (QED) is 0.523. The number of thiocarbonyl (C=S) groups is 1. The minimum Gasteiger partial charge on any atom is -0.493 e. The van der Waals surface area contributed by atoms with Crippen molar-refractivity contribution in [2.75, 3.05) is 43.0 Å². The zero-order valence-corrected chi connectivity index (χ0v) is 21.9.